The Kier molecular flexibility index (Phi) is 4.42. The summed E-state index contributed by atoms with van der Waals surface area (Å²) in [5, 5.41) is 0. The first kappa shape index (κ1) is 13.8. The van der Waals surface area contributed by atoms with Gasteiger partial charge in [0.05, 0.1) is 5.69 Å². The first-order valence-electron chi connectivity index (χ1n) is 7.04. The van der Waals surface area contributed by atoms with E-state index < -0.39 is 0 Å². The molecule has 3 aromatic rings. The van der Waals surface area contributed by atoms with Crippen molar-refractivity contribution in [3.05, 3.63) is 90.6 Å². The fraction of sp³-hybridized carbons (Fsp3) is 0. The molecular formula is C18H16N4. The summed E-state index contributed by atoms with van der Waals surface area (Å²) in [5.74, 6) is 1.37. The highest BCUT2D eigenvalue weighted by Gasteiger charge is 2.03. The van der Waals surface area contributed by atoms with Crippen LogP contribution < -0.4 is 10.9 Å². The van der Waals surface area contributed by atoms with E-state index in [9.17, 15) is 0 Å². The van der Waals surface area contributed by atoms with E-state index in [4.69, 9.17) is 0 Å². The Morgan fingerprint density at radius 2 is 1.45 bits per heavy atom. The van der Waals surface area contributed by atoms with E-state index in [2.05, 4.69) is 20.8 Å². The highest BCUT2D eigenvalue weighted by molar-refractivity contribution is 6.00. The number of nitrogens with zero attached hydrogens (tertiary/aromatic N) is 2. The van der Waals surface area contributed by atoms with Gasteiger partial charge in [-0.25, -0.2) is 9.98 Å². The third kappa shape index (κ3) is 3.70. The number of amidine groups is 1. The van der Waals surface area contributed by atoms with Gasteiger partial charge in [-0.1, -0.05) is 54.6 Å². The molecule has 22 heavy (non-hydrogen) atoms. The zero-order chi connectivity index (χ0) is 15.0. The fourth-order valence-electron chi connectivity index (χ4n) is 1.95. The molecule has 3 rings (SSSR count). The Morgan fingerprint density at radius 3 is 2.14 bits per heavy atom. The van der Waals surface area contributed by atoms with E-state index in [-0.39, 0.29) is 0 Å². The largest absolute Gasteiger partial charge is 0.300 e. The highest BCUT2D eigenvalue weighted by atomic mass is 15.4. The van der Waals surface area contributed by atoms with Crippen LogP contribution in [0.1, 0.15) is 5.56 Å². The van der Waals surface area contributed by atoms with Crippen LogP contribution in [-0.4, -0.2) is 10.8 Å². The summed E-state index contributed by atoms with van der Waals surface area (Å²) in [6.07, 6.45) is 1.73. The number of aromatic nitrogens is 1. The van der Waals surface area contributed by atoms with Gasteiger partial charge in [0.1, 0.15) is 0 Å². The van der Waals surface area contributed by atoms with Gasteiger partial charge in [0.2, 0.25) is 0 Å². The second-order valence-corrected chi connectivity index (χ2v) is 4.63. The van der Waals surface area contributed by atoms with Crippen LogP contribution in [0.5, 0.6) is 0 Å². The Hall–Kier alpha value is -3.14. The molecule has 0 amide bonds. The summed E-state index contributed by atoms with van der Waals surface area (Å²) in [5.41, 5.74) is 8.26. The van der Waals surface area contributed by atoms with Crippen LogP contribution in [-0.2, 0) is 0 Å². The number of hydrogen-bond donors (Lipinski definition) is 2. The second-order valence-electron chi connectivity index (χ2n) is 4.63. The number of aliphatic imine (C=N–C) groups is 1. The molecule has 1 aromatic heterocycles. The first-order valence-corrected chi connectivity index (χ1v) is 7.04. The molecule has 0 aliphatic heterocycles. The van der Waals surface area contributed by atoms with E-state index in [0.717, 1.165) is 11.3 Å². The van der Waals surface area contributed by atoms with Crippen LogP contribution in [0.15, 0.2) is 90.1 Å². The minimum absolute atomic E-state index is 0.656. The van der Waals surface area contributed by atoms with Crippen LogP contribution in [0.2, 0.25) is 0 Å². The number of hydrogen-bond acceptors (Lipinski definition) is 3. The molecule has 0 aliphatic carbocycles. The lowest BCUT2D eigenvalue weighted by molar-refractivity contribution is 1.10. The molecule has 0 spiro atoms. The molecule has 0 saturated carbocycles. The molecule has 0 bridgehead atoms. The molecule has 0 unspecified atom stereocenters. The topological polar surface area (TPSA) is 49.3 Å². The van der Waals surface area contributed by atoms with Crippen LogP contribution in [0, 0.1) is 0 Å². The Balaban J connectivity index is 1.85. The number of nitrogens with one attached hydrogen (secondary N) is 2. The normalized spacial score (nSPS) is 11.0. The number of hydrazine groups is 1. The average molecular weight is 288 g/mol. The van der Waals surface area contributed by atoms with Gasteiger partial charge in [-0.3, -0.25) is 10.9 Å². The minimum Gasteiger partial charge on any atom is -0.300 e. The average Bonchev–Trinajstić information content (AvgIpc) is 2.61. The molecule has 4 heteroatoms. The van der Waals surface area contributed by atoms with Crippen molar-refractivity contribution < 1.29 is 0 Å². The molecule has 0 fully saturated rings. The minimum atomic E-state index is 0.656. The lowest BCUT2D eigenvalue weighted by Gasteiger charge is -2.12. The van der Waals surface area contributed by atoms with Gasteiger partial charge < -0.3 is 0 Å². The smallest absolute Gasteiger partial charge is 0.154 e. The Labute approximate surface area is 129 Å². The SMILES string of the molecule is c1ccc(NN/C(=N\c2ccccn2)c2ccccc2)cc1. The van der Waals surface area contributed by atoms with Crippen LogP contribution >= 0.6 is 0 Å². The van der Waals surface area contributed by atoms with Crippen molar-refractivity contribution in [3.8, 4) is 0 Å². The van der Waals surface area contributed by atoms with E-state index in [1.165, 1.54) is 0 Å². The van der Waals surface area contributed by atoms with Crippen LogP contribution in [0.3, 0.4) is 0 Å². The van der Waals surface area contributed by atoms with Gasteiger partial charge in [-0.15, -0.1) is 0 Å². The predicted octanol–water partition coefficient (Wildman–Crippen LogP) is 3.78. The van der Waals surface area contributed by atoms with E-state index >= 15 is 0 Å². The Morgan fingerprint density at radius 1 is 0.773 bits per heavy atom. The lowest BCUT2D eigenvalue weighted by Crippen LogP contribution is -2.30. The van der Waals surface area contributed by atoms with Crippen molar-refractivity contribution in [3.63, 3.8) is 0 Å². The lowest BCUT2D eigenvalue weighted by atomic mass is 10.2. The summed E-state index contributed by atoms with van der Waals surface area (Å²) in [4.78, 5) is 8.82. The standard InChI is InChI=1S/C18H16N4/c1-3-9-15(10-4-1)18(20-17-13-7-8-14-19-17)22-21-16-11-5-2-6-12-16/h1-14,21H,(H,19,20,22). The quantitative estimate of drug-likeness (QED) is 0.436. The van der Waals surface area contributed by atoms with Gasteiger partial charge in [0.15, 0.2) is 11.7 Å². The van der Waals surface area contributed by atoms with Gasteiger partial charge in [0, 0.05) is 11.8 Å². The number of benzene rings is 2. The third-order valence-electron chi connectivity index (χ3n) is 3.02. The van der Waals surface area contributed by atoms with Crippen molar-refractivity contribution in [2.45, 2.75) is 0 Å². The first-order chi connectivity index (χ1) is 10.9. The predicted molar refractivity (Wildman–Crippen MR) is 90.1 cm³/mol. The zero-order valence-electron chi connectivity index (χ0n) is 12.0. The van der Waals surface area contributed by atoms with E-state index in [1.54, 1.807) is 6.20 Å². The van der Waals surface area contributed by atoms with E-state index in [1.807, 2.05) is 78.9 Å². The summed E-state index contributed by atoms with van der Waals surface area (Å²) >= 11 is 0. The maximum absolute atomic E-state index is 4.58. The van der Waals surface area contributed by atoms with Crippen molar-refractivity contribution in [1.82, 2.24) is 10.4 Å². The number of rotatable bonds is 4. The number of pyridine rings is 1. The molecule has 0 aliphatic rings. The summed E-state index contributed by atoms with van der Waals surface area (Å²) in [6.45, 7) is 0. The zero-order valence-corrected chi connectivity index (χ0v) is 12.0. The highest BCUT2D eigenvalue weighted by Crippen LogP contribution is 2.10. The van der Waals surface area contributed by atoms with Crippen LogP contribution in [0.4, 0.5) is 11.5 Å². The van der Waals surface area contributed by atoms with Crippen molar-refractivity contribution in [1.29, 1.82) is 0 Å². The van der Waals surface area contributed by atoms with Crippen molar-refractivity contribution in [2.24, 2.45) is 4.99 Å². The Bertz CT molecular complexity index is 725. The molecule has 2 aromatic carbocycles. The van der Waals surface area contributed by atoms with Crippen molar-refractivity contribution >= 4 is 17.3 Å². The molecule has 1 heterocycles. The molecule has 4 nitrogen and oxygen atoms in total. The molecule has 0 radical (unpaired) electrons. The molecule has 2 N–H and O–H groups in total. The summed E-state index contributed by atoms with van der Waals surface area (Å²) in [7, 11) is 0. The number of anilines is 1. The molecular weight excluding hydrogens is 272 g/mol. The van der Waals surface area contributed by atoms with Crippen LogP contribution in [0.25, 0.3) is 0 Å². The molecule has 0 atom stereocenters. The summed E-state index contributed by atoms with van der Waals surface area (Å²) in [6, 6.07) is 25.5. The van der Waals surface area contributed by atoms with Gasteiger partial charge in [-0.05, 0) is 24.3 Å². The number of para-hydroxylation sites is 1. The third-order valence-corrected chi connectivity index (χ3v) is 3.02. The maximum Gasteiger partial charge on any atom is 0.154 e. The van der Waals surface area contributed by atoms with Gasteiger partial charge >= 0.3 is 0 Å². The molecule has 108 valence electrons. The van der Waals surface area contributed by atoms with Gasteiger partial charge in [-0.2, -0.15) is 0 Å². The van der Waals surface area contributed by atoms with Crippen molar-refractivity contribution in [2.75, 3.05) is 5.43 Å². The summed E-state index contributed by atoms with van der Waals surface area (Å²) < 4.78 is 0. The monoisotopic (exact) mass is 288 g/mol. The second kappa shape index (κ2) is 7.04. The fourth-order valence-corrected chi connectivity index (χ4v) is 1.95. The molecule has 0 saturated heterocycles. The maximum atomic E-state index is 4.58. The van der Waals surface area contributed by atoms with E-state index in [0.29, 0.717) is 11.7 Å². The van der Waals surface area contributed by atoms with Gasteiger partial charge in [0.25, 0.3) is 0 Å².